The summed E-state index contributed by atoms with van der Waals surface area (Å²) < 4.78 is 0. The van der Waals surface area contributed by atoms with Crippen LogP contribution in [-0.2, 0) is 6.54 Å². The van der Waals surface area contributed by atoms with Crippen LogP contribution < -0.4 is 11.1 Å². The number of piperidine rings is 1. The number of aryl methyl sites for hydroxylation is 1. The second kappa shape index (κ2) is 6.44. The van der Waals surface area contributed by atoms with Gasteiger partial charge in [-0.3, -0.25) is 0 Å². The zero-order chi connectivity index (χ0) is 12.1. The van der Waals surface area contributed by atoms with Crippen LogP contribution in [0.3, 0.4) is 0 Å². The lowest BCUT2D eigenvalue weighted by Gasteiger charge is -2.29. The molecule has 1 aromatic heterocycles. The van der Waals surface area contributed by atoms with Crippen molar-refractivity contribution in [3.05, 3.63) is 16.1 Å². The quantitative estimate of drug-likeness (QED) is 0.769. The van der Waals surface area contributed by atoms with E-state index in [4.69, 9.17) is 5.73 Å². The summed E-state index contributed by atoms with van der Waals surface area (Å²) >= 11 is 1.73. The van der Waals surface area contributed by atoms with Gasteiger partial charge in [0.05, 0.1) is 0 Å². The van der Waals surface area contributed by atoms with Gasteiger partial charge in [0.1, 0.15) is 5.01 Å². The number of thiazole rings is 1. The number of nitrogens with zero attached hydrogens (tertiary/aromatic N) is 2. The zero-order valence-corrected chi connectivity index (χ0v) is 11.3. The van der Waals surface area contributed by atoms with Crippen LogP contribution in [0.5, 0.6) is 0 Å². The fourth-order valence-electron chi connectivity index (χ4n) is 2.09. The maximum atomic E-state index is 5.88. The third kappa shape index (κ3) is 4.35. The summed E-state index contributed by atoms with van der Waals surface area (Å²) in [4.78, 5) is 6.92. The number of nitrogens with two attached hydrogens (primary N) is 1. The van der Waals surface area contributed by atoms with Crippen LogP contribution in [0.4, 0.5) is 0 Å². The monoisotopic (exact) mass is 254 g/mol. The van der Waals surface area contributed by atoms with Crippen LogP contribution in [0.1, 0.15) is 23.5 Å². The molecule has 1 aliphatic heterocycles. The van der Waals surface area contributed by atoms with Gasteiger partial charge in [0.25, 0.3) is 0 Å². The molecule has 0 atom stereocenters. The highest BCUT2D eigenvalue weighted by molar-refractivity contribution is 7.09. The van der Waals surface area contributed by atoms with E-state index in [0.29, 0.717) is 6.04 Å². The van der Waals surface area contributed by atoms with Crippen molar-refractivity contribution in [2.75, 3.05) is 26.2 Å². The summed E-state index contributed by atoms with van der Waals surface area (Å²) in [7, 11) is 0. The van der Waals surface area contributed by atoms with Gasteiger partial charge in [0.15, 0.2) is 0 Å². The summed E-state index contributed by atoms with van der Waals surface area (Å²) in [6.45, 7) is 7.40. The molecule has 1 aliphatic rings. The van der Waals surface area contributed by atoms with Gasteiger partial charge in [-0.1, -0.05) is 0 Å². The van der Waals surface area contributed by atoms with E-state index < -0.39 is 0 Å². The highest BCUT2D eigenvalue weighted by Crippen LogP contribution is 2.08. The van der Waals surface area contributed by atoms with Crippen LogP contribution in [0, 0.1) is 6.92 Å². The Labute approximate surface area is 107 Å². The van der Waals surface area contributed by atoms with Gasteiger partial charge < -0.3 is 16.0 Å². The van der Waals surface area contributed by atoms with Gasteiger partial charge in [-0.25, -0.2) is 4.98 Å². The van der Waals surface area contributed by atoms with Crippen LogP contribution in [-0.4, -0.2) is 42.1 Å². The molecule has 2 rings (SSSR count). The molecule has 0 unspecified atom stereocenters. The second-order valence-electron chi connectivity index (χ2n) is 4.74. The minimum absolute atomic E-state index is 0.428. The Kier molecular flexibility index (Phi) is 4.91. The predicted octanol–water partition coefficient (Wildman–Crippen LogP) is 0.964. The van der Waals surface area contributed by atoms with E-state index in [1.54, 1.807) is 11.3 Å². The average Bonchev–Trinajstić information content (AvgIpc) is 2.73. The molecule has 17 heavy (non-hydrogen) atoms. The molecule has 0 saturated carbocycles. The molecular weight excluding hydrogens is 232 g/mol. The molecule has 0 radical (unpaired) electrons. The van der Waals surface area contributed by atoms with Crippen molar-refractivity contribution in [3.63, 3.8) is 0 Å². The van der Waals surface area contributed by atoms with Crippen LogP contribution >= 0.6 is 11.3 Å². The lowest BCUT2D eigenvalue weighted by molar-refractivity contribution is 0.213. The normalized spacial score (nSPS) is 18.7. The van der Waals surface area contributed by atoms with Crippen molar-refractivity contribution >= 4 is 11.3 Å². The fraction of sp³-hybridized carbons (Fsp3) is 0.750. The number of likely N-dealkylation sites (tertiary alicyclic amines) is 1. The van der Waals surface area contributed by atoms with E-state index in [-0.39, 0.29) is 0 Å². The first kappa shape index (κ1) is 13.0. The molecule has 5 heteroatoms. The Morgan fingerprint density at radius 3 is 2.94 bits per heavy atom. The average molecular weight is 254 g/mol. The first-order valence-corrected chi connectivity index (χ1v) is 7.21. The Bertz CT molecular complexity index is 331. The Balaban J connectivity index is 1.57. The number of hydrogen-bond donors (Lipinski definition) is 2. The summed E-state index contributed by atoms with van der Waals surface area (Å²) in [6.07, 6.45) is 2.29. The van der Waals surface area contributed by atoms with Crippen molar-refractivity contribution < 1.29 is 0 Å². The Hall–Kier alpha value is -0.490. The number of nitrogens with one attached hydrogen (secondary N) is 1. The standard InChI is InChI=1S/C12H22N4S/c1-10-9-17-12(15-10)8-14-4-7-16-5-2-11(13)3-6-16/h9,11,14H,2-8,13H2,1H3. The largest absolute Gasteiger partial charge is 0.328 e. The molecule has 0 bridgehead atoms. The molecular formula is C12H22N4S. The predicted molar refractivity (Wildman–Crippen MR) is 72.2 cm³/mol. The molecule has 0 aromatic carbocycles. The zero-order valence-electron chi connectivity index (χ0n) is 10.5. The molecule has 1 aromatic rings. The van der Waals surface area contributed by atoms with Crippen LogP contribution in [0.25, 0.3) is 0 Å². The van der Waals surface area contributed by atoms with E-state index in [2.05, 4.69) is 20.6 Å². The third-order valence-corrected chi connectivity index (χ3v) is 4.15. The third-order valence-electron chi connectivity index (χ3n) is 3.18. The summed E-state index contributed by atoms with van der Waals surface area (Å²) in [5, 5.41) is 6.73. The molecule has 1 saturated heterocycles. The van der Waals surface area contributed by atoms with Crippen molar-refractivity contribution in [3.8, 4) is 0 Å². The number of aromatic nitrogens is 1. The van der Waals surface area contributed by atoms with Crippen molar-refractivity contribution in [1.82, 2.24) is 15.2 Å². The van der Waals surface area contributed by atoms with Gasteiger partial charge in [0, 0.05) is 36.8 Å². The fourth-order valence-corrected chi connectivity index (χ4v) is 2.83. The Morgan fingerprint density at radius 2 is 2.29 bits per heavy atom. The minimum atomic E-state index is 0.428. The van der Waals surface area contributed by atoms with Crippen molar-refractivity contribution in [2.45, 2.75) is 32.4 Å². The number of hydrogen-bond acceptors (Lipinski definition) is 5. The SMILES string of the molecule is Cc1csc(CNCCN2CCC(N)CC2)n1. The molecule has 1 fully saturated rings. The van der Waals surface area contributed by atoms with Gasteiger partial charge in [-0.2, -0.15) is 0 Å². The molecule has 0 spiro atoms. The maximum Gasteiger partial charge on any atom is 0.107 e. The van der Waals surface area contributed by atoms with E-state index in [0.717, 1.165) is 51.3 Å². The molecule has 2 heterocycles. The van der Waals surface area contributed by atoms with E-state index in [1.807, 2.05) is 6.92 Å². The lowest BCUT2D eigenvalue weighted by atomic mass is 10.1. The highest BCUT2D eigenvalue weighted by atomic mass is 32.1. The summed E-state index contributed by atoms with van der Waals surface area (Å²) in [5.74, 6) is 0. The van der Waals surface area contributed by atoms with Gasteiger partial charge >= 0.3 is 0 Å². The molecule has 0 amide bonds. The topological polar surface area (TPSA) is 54.2 Å². The molecule has 3 N–H and O–H groups in total. The maximum absolute atomic E-state index is 5.88. The summed E-state index contributed by atoms with van der Waals surface area (Å²) in [6, 6.07) is 0.428. The van der Waals surface area contributed by atoms with Crippen LogP contribution in [0.2, 0.25) is 0 Å². The summed E-state index contributed by atoms with van der Waals surface area (Å²) in [5.41, 5.74) is 7.00. The molecule has 4 nitrogen and oxygen atoms in total. The van der Waals surface area contributed by atoms with E-state index in [1.165, 1.54) is 5.01 Å². The number of rotatable bonds is 5. The van der Waals surface area contributed by atoms with Gasteiger partial charge in [0.2, 0.25) is 0 Å². The molecule has 0 aliphatic carbocycles. The smallest absolute Gasteiger partial charge is 0.107 e. The van der Waals surface area contributed by atoms with Crippen LogP contribution in [0.15, 0.2) is 5.38 Å². The van der Waals surface area contributed by atoms with Crippen molar-refractivity contribution in [2.24, 2.45) is 5.73 Å². The van der Waals surface area contributed by atoms with Gasteiger partial charge in [-0.05, 0) is 32.9 Å². The first-order chi connectivity index (χ1) is 8.24. The lowest BCUT2D eigenvalue weighted by Crippen LogP contribution is -2.42. The first-order valence-electron chi connectivity index (χ1n) is 6.33. The second-order valence-corrected chi connectivity index (χ2v) is 5.68. The van der Waals surface area contributed by atoms with E-state index >= 15 is 0 Å². The van der Waals surface area contributed by atoms with Gasteiger partial charge in [-0.15, -0.1) is 11.3 Å². The molecule has 96 valence electrons. The Morgan fingerprint density at radius 1 is 1.53 bits per heavy atom. The van der Waals surface area contributed by atoms with Crippen molar-refractivity contribution in [1.29, 1.82) is 0 Å². The minimum Gasteiger partial charge on any atom is -0.328 e. The highest BCUT2D eigenvalue weighted by Gasteiger charge is 2.14. The van der Waals surface area contributed by atoms with E-state index in [9.17, 15) is 0 Å².